The summed E-state index contributed by atoms with van der Waals surface area (Å²) in [6.07, 6.45) is 0.691. The molecular weight excluding hydrogens is 500 g/mol. The number of guanidine groups is 1. The van der Waals surface area contributed by atoms with Gasteiger partial charge in [-0.25, -0.2) is 4.39 Å². The second kappa shape index (κ2) is 11.4. The first kappa shape index (κ1) is 24.2. The molecule has 0 aliphatic carbocycles. The average Bonchev–Trinajstić information content (AvgIpc) is 2.76. The summed E-state index contributed by atoms with van der Waals surface area (Å²) in [5.41, 5.74) is 3.37. The van der Waals surface area contributed by atoms with E-state index in [1.165, 1.54) is 23.3 Å². The number of benzene rings is 2. The van der Waals surface area contributed by atoms with Crippen molar-refractivity contribution < 1.29 is 18.6 Å². The molecule has 164 valence electrons. The van der Waals surface area contributed by atoms with Gasteiger partial charge in [0, 0.05) is 33.8 Å². The molecule has 0 radical (unpaired) electrons. The topological polar surface area (TPSA) is 55.3 Å². The summed E-state index contributed by atoms with van der Waals surface area (Å²) in [5, 5.41) is 3.39. The van der Waals surface area contributed by atoms with Crippen molar-refractivity contribution >= 4 is 29.9 Å². The predicted octanol–water partition coefficient (Wildman–Crippen LogP) is 3.78. The van der Waals surface area contributed by atoms with E-state index in [0.29, 0.717) is 6.54 Å². The van der Waals surface area contributed by atoms with E-state index in [0.717, 1.165) is 42.5 Å². The van der Waals surface area contributed by atoms with E-state index < -0.39 is 0 Å². The number of methoxy groups -OCH3 is 3. The lowest BCUT2D eigenvalue weighted by atomic mass is 9.99. The van der Waals surface area contributed by atoms with Gasteiger partial charge in [-0.05, 0) is 47.4 Å². The van der Waals surface area contributed by atoms with Gasteiger partial charge in [-0.1, -0.05) is 12.1 Å². The number of rotatable bonds is 6. The minimum absolute atomic E-state index is 0. The second-order valence-electron chi connectivity index (χ2n) is 6.85. The van der Waals surface area contributed by atoms with E-state index >= 15 is 0 Å². The fourth-order valence-corrected chi connectivity index (χ4v) is 3.59. The summed E-state index contributed by atoms with van der Waals surface area (Å²) < 4.78 is 29.6. The lowest BCUT2D eigenvalue weighted by Gasteiger charge is -2.32. The molecular formula is C22H29FIN3O3. The maximum Gasteiger partial charge on any atom is 0.194 e. The van der Waals surface area contributed by atoms with Crippen LogP contribution in [-0.4, -0.2) is 52.3 Å². The lowest BCUT2D eigenvalue weighted by molar-refractivity contribution is 0.105. The maximum atomic E-state index is 13.2. The average molecular weight is 529 g/mol. The van der Waals surface area contributed by atoms with Crippen LogP contribution in [-0.2, 0) is 17.7 Å². The largest absolute Gasteiger partial charge is 0.493 e. The van der Waals surface area contributed by atoms with Gasteiger partial charge in [-0.15, -0.1) is 24.0 Å². The first-order chi connectivity index (χ1) is 14.1. The summed E-state index contributed by atoms with van der Waals surface area (Å²) in [6, 6.07) is 10.5. The first-order valence-corrected chi connectivity index (χ1v) is 9.57. The zero-order valence-electron chi connectivity index (χ0n) is 17.8. The van der Waals surface area contributed by atoms with Crippen LogP contribution in [0.5, 0.6) is 11.5 Å². The van der Waals surface area contributed by atoms with E-state index in [1.807, 2.05) is 6.07 Å². The minimum Gasteiger partial charge on any atom is -0.493 e. The first-order valence-electron chi connectivity index (χ1n) is 9.57. The van der Waals surface area contributed by atoms with Crippen LogP contribution in [0.2, 0.25) is 0 Å². The molecule has 0 saturated heterocycles. The number of aliphatic imine (C=N–C) groups is 1. The van der Waals surface area contributed by atoms with Crippen LogP contribution in [0.15, 0.2) is 41.4 Å². The van der Waals surface area contributed by atoms with Gasteiger partial charge in [0.1, 0.15) is 5.82 Å². The number of hydrogen-bond acceptors (Lipinski definition) is 4. The van der Waals surface area contributed by atoms with Gasteiger partial charge in [-0.2, -0.15) is 0 Å². The van der Waals surface area contributed by atoms with Crippen LogP contribution in [0.1, 0.15) is 22.8 Å². The summed E-state index contributed by atoms with van der Waals surface area (Å²) in [7, 11) is 6.71. The van der Waals surface area contributed by atoms with Crippen molar-refractivity contribution in [2.24, 2.45) is 4.99 Å². The molecule has 0 bridgehead atoms. The highest BCUT2D eigenvalue weighted by atomic mass is 127. The van der Waals surface area contributed by atoms with Crippen LogP contribution in [0.25, 0.3) is 0 Å². The molecule has 8 heteroatoms. The molecule has 2 aromatic carbocycles. The Bertz CT molecular complexity index is 861. The molecule has 1 atom stereocenters. The van der Waals surface area contributed by atoms with E-state index in [9.17, 15) is 4.39 Å². The molecule has 0 fully saturated rings. The fourth-order valence-electron chi connectivity index (χ4n) is 3.59. The third-order valence-corrected chi connectivity index (χ3v) is 5.20. The molecule has 0 spiro atoms. The predicted molar refractivity (Wildman–Crippen MR) is 127 cm³/mol. The van der Waals surface area contributed by atoms with Gasteiger partial charge < -0.3 is 24.4 Å². The summed E-state index contributed by atoms with van der Waals surface area (Å²) in [6.45, 7) is 2.10. The van der Waals surface area contributed by atoms with Crippen molar-refractivity contribution in [3.8, 4) is 11.5 Å². The van der Waals surface area contributed by atoms with Gasteiger partial charge in [0.15, 0.2) is 17.5 Å². The van der Waals surface area contributed by atoms with Gasteiger partial charge >= 0.3 is 0 Å². The molecule has 1 aliphatic rings. The summed E-state index contributed by atoms with van der Waals surface area (Å²) in [4.78, 5) is 6.63. The monoisotopic (exact) mass is 529 g/mol. The Morgan fingerprint density at radius 2 is 1.73 bits per heavy atom. The smallest absolute Gasteiger partial charge is 0.194 e. The van der Waals surface area contributed by atoms with E-state index in [4.69, 9.17) is 14.2 Å². The van der Waals surface area contributed by atoms with Crippen molar-refractivity contribution in [3.05, 3.63) is 58.9 Å². The molecule has 0 saturated carbocycles. The molecule has 2 aromatic rings. The third-order valence-electron chi connectivity index (χ3n) is 5.20. The SMILES string of the molecule is CN=C(NCC(OC)c1ccc(F)cc1)N1CCc2cc(OC)c(OC)cc2C1.I. The van der Waals surface area contributed by atoms with Crippen LogP contribution in [0.3, 0.4) is 0 Å². The number of hydrogen-bond donors (Lipinski definition) is 1. The zero-order valence-corrected chi connectivity index (χ0v) is 20.1. The number of ether oxygens (including phenoxy) is 3. The second-order valence-corrected chi connectivity index (χ2v) is 6.85. The molecule has 6 nitrogen and oxygen atoms in total. The minimum atomic E-state index is -0.258. The number of nitrogens with zero attached hydrogens (tertiary/aromatic N) is 2. The summed E-state index contributed by atoms with van der Waals surface area (Å²) in [5.74, 6) is 2.03. The van der Waals surface area contributed by atoms with Crippen LogP contribution in [0.4, 0.5) is 4.39 Å². The van der Waals surface area contributed by atoms with Crippen molar-refractivity contribution in [1.82, 2.24) is 10.2 Å². The lowest BCUT2D eigenvalue weighted by Crippen LogP contribution is -2.45. The molecule has 1 N–H and O–H groups in total. The standard InChI is InChI=1S/C22H28FN3O3.HI/c1-24-22(25-13-21(29-4)15-5-7-18(23)8-6-15)26-10-9-16-11-19(27-2)20(28-3)12-17(16)14-26;/h5-8,11-12,21H,9-10,13-14H2,1-4H3,(H,24,25);1H. The highest BCUT2D eigenvalue weighted by molar-refractivity contribution is 14.0. The third kappa shape index (κ3) is 5.54. The van der Waals surface area contributed by atoms with E-state index in [2.05, 4.69) is 21.3 Å². The highest BCUT2D eigenvalue weighted by Gasteiger charge is 2.22. The molecule has 1 unspecified atom stereocenters. The van der Waals surface area contributed by atoms with Crippen molar-refractivity contribution in [2.45, 2.75) is 19.1 Å². The van der Waals surface area contributed by atoms with Crippen LogP contribution in [0, 0.1) is 5.82 Å². The quantitative estimate of drug-likeness (QED) is 0.351. The van der Waals surface area contributed by atoms with Gasteiger partial charge in [0.05, 0.1) is 20.3 Å². The number of nitrogens with one attached hydrogen (secondary N) is 1. The van der Waals surface area contributed by atoms with Gasteiger partial charge in [-0.3, -0.25) is 4.99 Å². The zero-order chi connectivity index (χ0) is 20.8. The normalized spacial score (nSPS) is 14.4. The Balaban J connectivity index is 0.00000320. The van der Waals surface area contributed by atoms with Gasteiger partial charge in [0.25, 0.3) is 0 Å². The maximum absolute atomic E-state index is 13.2. The Kier molecular flexibility index (Phi) is 9.16. The highest BCUT2D eigenvalue weighted by Crippen LogP contribution is 2.33. The van der Waals surface area contributed by atoms with E-state index in [-0.39, 0.29) is 35.9 Å². The molecule has 1 aliphatic heterocycles. The number of halogens is 2. The fraction of sp³-hybridized carbons (Fsp3) is 0.409. The Hall–Kier alpha value is -2.07. The Morgan fingerprint density at radius 3 is 2.30 bits per heavy atom. The van der Waals surface area contributed by atoms with Crippen LogP contribution >= 0.6 is 24.0 Å². The van der Waals surface area contributed by atoms with Crippen molar-refractivity contribution in [2.75, 3.05) is 41.5 Å². The molecule has 30 heavy (non-hydrogen) atoms. The number of fused-ring (bicyclic) bond motifs is 1. The van der Waals surface area contributed by atoms with Crippen LogP contribution < -0.4 is 14.8 Å². The molecule has 3 rings (SSSR count). The Morgan fingerprint density at radius 1 is 1.10 bits per heavy atom. The van der Waals surface area contributed by atoms with Gasteiger partial charge in [0.2, 0.25) is 0 Å². The van der Waals surface area contributed by atoms with E-state index in [1.54, 1.807) is 40.5 Å². The molecule has 1 heterocycles. The summed E-state index contributed by atoms with van der Waals surface area (Å²) >= 11 is 0. The Labute approximate surface area is 194 Å². The molecule has 0 aromatic heterocycles. The molecule has 0 amide bonds. The van der Waals surface area contributed by atoms with Crippen molar-refractivity contribution in [1.29, 1.82) is 0 Å². The van der Waals surface area contributed by atoms with Crippen molar-refractivity contribution in [3.63, 3.8) is 0 Å².